The third kappa shape index (κ3) is 2.66. The Labute approximate surface area is 159 Å². The molecule has 1 aliphatic rings. The molecule has 4 aromatic rings. The fourth-order valence-electron chi connectivity index (χ4n) is 3.74. The zero-order valence-electron chi connectivity index (χ0n) is 14.8. The number of aromatic nitrogens is 4. The van der Waals surface area contributed by atoms with Crippen molar-refractivity contribution in [3.8, 4) is 11.3 Å². The molecule has 0 aliphatic heterocycles. The Morgan fingerprint density at radius 2 is 2.18 bits per heavy atom. The smallest absolute Gasteiger partial charge is 0.248 e. The fraction of sp³-hybridized carbons (Fsp3) is 0.150. The number of aromatic amines is 1. The second-order valence-corrected chi connectivity index (χ2v) is 6.75. The van der Waals surface area contributed by atoms with E-state index in [2.05, 4.69) is 25.4 Å². The SMILES string of the molecule is O=NC1CCc2cc(Nc3c(-c4cc[nH]c(=O)c4)nc4cnccn34)ccc21. The van der Waals surface area contributed by atoms with Crippen LogP contribution in [0.25, 0.3) is 16.9 Å². The lowest BCUT2D eigenvalue weighted by Crippen LogP contribution is -2.03. The quantitative estimate of drug-likeness (QED) is 0.533. The van der Waals surface area contributed by atoms with Crippen molar-refractivity contribution in [2.45, 2.75) is 18.9 Å². The molecular formula is C20H16N6O2. The predicted molar refractivity (Wildman–Crippen MR) is 106 cm³/mol. The lowest BCUT2D eigenvalue weighted by Gasteiger charge is -2.11. The zero-order chi connectivity index (χ0) is 19.1. The summed E-state index contributed by atoms with van der Waals surface area (Å²) in [5.74, 6) is 0.742. The average molecular weight is 372 g/mol. The van der Waals surface area contributed by atoms with E-state index in [1.54, 1.807) is 18.6 Å². The van der Waals surface area contributed by atoms with Gasteiger partial charge in [0.25, 0.3) is 0 Å². The van der Waals surface area contributed by atoms with Gasteiger partial charge in [-0.2, -0.15) is 4.91 Å². The van der Waals surface area contributed by atoms with Crippen molar-refractivity contribution >= 4 is 17.2 Å². The van der Waals surface area contributed by atoms with Crippen molar-refractivity contribution in [3.63, 3.8) is 0 Å². The number of aryl methyl sites for hydroxylation is 1. The Hall–Kier alpha value is -3.81. The van der Waals surface area contributed by atoms with Crippen LogP contribution < -0.4 is 10.9 Å². The van der Waals surface area contributed by atoms with Crippen molar-refractivity contribution in [2.75, 3.05) is 5.32 Å². The van der Waals surface area contributed by atoms with Crippen LogP contribution in [0.4, 0.5) is 11.5 Å². The largest absolute Gasteiger partial charge is 0.339 e. The van der Waals surface area contributed by atoms with Gasteiger partial charge < -0.3 is 10.3 Å². The van der Waals surface area contributed by atoms with Crippen LogP contribution in [0.15, 0.2) is 65.1 Å². The van der Waals surface area contributed by atoms with Gasteiger partial charge in [-0.25, -0.2) is 4.98 Å². The van der Waals surface area contributed by atoms with Gasteiger partial charge in [0, 0.05) is 35.9 Å². The molecule has 1 atom stereocenters. The normalized spacial score (nSPS) is 15.5. The minimum atomic E-state index is -0.252. The summed E-state index contributed by atoms with van der Waals surface area (Å²) < 4.78 is 1.90. The topological polar surface area (TPSA) is 105 Å². The number of fused-ring (bicyclic) bond motifs is 2. The number of imidazole rings is 1. The summed E-state index contributed by atoms with van der Waals surface area (Å²) in [7, 11) is 0. The van der Waals surface area contributed by atoms with E-state index >= 15 is 0 Å². The van der Waals surface area contributed by atoms with Crippen LogP contribution in [0, 0.1) is 4.91 Å². The highest BCUT2D eigenvalue weighted by molar-refractivity contribution is 5.79. The van der Waals surface area contributed by atoms with E-state index in [-0.39, 0.29) is 11.6 Å². The van der Waals surface area contributed by atoms with Gasteiger partial charge in [-0.1, -0.05) is 11.2 Å². The highest BCUT2D eigenvalue weighted by Crippen LogP contribution is 2.37. The first kappa shape index (κ1) is 16.4. The zero-order valence-corrected chi connectivity index (χ0v) is 14.8. The summed E-state index contributed by atoms with van der Waals surface area (Å²) >= 11 is 0. The van der Waals surface area contributed by atoms with E-state index in [1.165, 1.54) is 6.07 Å². The molecule has 0 fully saturated rings. The van der Waals surface area contributed by atoms with Crippen LogP contribution in [0.5, 0.6) is 0 Å². The number of hydrogen-bond acceptors (Lipinski definition) is 6. The van der Waals surface area contributed by atoms with E-state index in [0.717, 1.165) is 35.5 Å². The lowest BCUT2D eigenvalue weighted by atomic mass is 10.1. The number of hydrogen-bond donors (Lipinski definition) is 2. The van der Waals surface area contributed by atoms with Gasteiger partial charge in [0.15, 0.2) is 5.65 Å². The maximum Gasteiger partial charge on any atom is 0.248 e. The molecule has 1 aliphatic carbocycles. The minimum Gasteiger partial charge on any atom is -0.339 e. The molecule has 1 unspecified atom stereocenters. The number of rotatable bonds is 4. The van der Waals surface area contributed by atoms with Crippen molar-refractivity contribution in [1.82, 2.24) is 19.4 Å². The Morgan fingerprint density at radius 3 is 3.04 bits per heavy atom. The van der Waals surface area contributed by atoms with Crippen molar-refractivity contribution in [1.29, 1.82) is 0 Å². The van der Waals surface area contributed by atoms with E-state index in [0.29, 0.717) is 16.9 Å². The first-order chi connectivity index (χ1) is 13.7. The molecule has 3 aromatic heterocycles. The summed E-state index contributed by atoms with van der Waals surface area (Å²) in [5, 5.41) is 6.64. The second kappa shape index (κ2) is 6.41. The van der Waals surface area contributed by atoms with Gasteiger partial charge in [-0.3, -0.25) is 14.2 Å². The van der Waals surface area contributed by atoms with Crippen LogP contribution in [-0.2, 0) is 6.42 Å². The third-order valence-corrected chi connectivity index (χ3v) is 5.06. The van der Waals surface area contributed by atoms with E-state index < -0.39 is 0 Å². The summed E-state index contributed by atoms with van der Waals surface area (Å²) in [4.78, 5) is 34.2. The first-order valence-corrected chi connectivity index (χ1v) is 8.96. The van der Waals surface area contributed by atoms with Crippen molar-refractivity contribution in [3.05, 3.63) is 81.5 Å². The van der Waals surface area contributed by atoms with Crippen LogP contribution in [-0.4, -0.2) is 19.4 Å². The van der Waals surface area contributed by atoms with Gasteiger partial charge in [0.05, 0.1) is 6.20 Å². The number of benzene rings is 1. The number of pyridine rings is 1. The molecule has 28 heavy (non-hydrogen) atoms. The van der Waals surface area contributed by atoms with Crippen LogP contribution in [0.3, 0.4) is 0 Å². The predicted octanol–water partition coefficient (Wildman–Crippen LogP) is 3.58. The molecule has 3 heterocycles. The van der Waals surface area contributed by atoms with E-state index in [9.17, 15) is 9.70 Å². The van der Waals surface area contributed by atoms with Crippen LogP contribution >= 0.6 is 0 Å². The lowest BCUT2D eigenvalue weighted by molar-refractivity contribution is 0.710. The molecule has 8 nitrogen and oxygen atoms in total. The maximum absolute atomic E-state index is 11.8. The summed E-state index contributed by atoms with van der Waals surface area (Å²) in [6, 6.07) is 9.01. The number of anilines is 2. The second-order valence-electron chi connectivity index (χ2n) is 6.75. The molecule has 0 saturated carbocycles. The molecule has 0 saturated heterocycles. The van der Waals surface area contributed by atoms with Crippen LogP contribution in [0.1, 0.15) is 23.6 Å². The Bertz CT molecular complexity index is 1260. The number of nitroso groups, excluding NO2 is 1. The number of nitrogens with one attached hydrogen (secondary N) is 2. The highest BCUT2D eigenvalue weighted by Gasteiger charge is 2.23. The minimum absolute atomic E-state index is 0.191. The molecule has 138 valence electrons. The standard InChI is InChI=1S/C20H16N6O2/c27-18-10-13(5-6-22-18)19-20(26-8-7-21-11-17(26)24-19)23-14-2-3-15-12(9-14)1-4-16(15)25-28/h2-3,5-11,16,23H,1,4H2,(H,22,27). The Morgan fingerprint density at radius 1 is 1.25 bits per heavy atom. The summed E-state index contributed by atoms with van der Waals surface area (Å²) in [6.07, 6.45) is 8.36. The van der Waals surface area contributed by atoms with Gasteiger partial charge in [0.1, 0.15) is 17.6 Å². The molecule has 0 spiro atoms. The monoisotopic (exact) mass is 372 g/mol. The van der Waals surface area contributed by atoms with Gasteiger partial charge >= 0.3 is 0 Å². The molecule has 0 radical (unpaired) electrons. The van der Waals surface area contributed by atoms with Crippen molar-refractivity contribution < 1.29 is 0 Å². The molecule has 1 aromatic carbocycles. The summed E-state index contributed by atoms with van der Waals surface area (Å²) in [5.41, 5.74) is 4.86. The maximum atomic E-state index is 11.8. The van der Waals surface area contributed by atoms with Gasteiger partial charge in [-0.05, 0) is 42.2 Å². The molecule has 0 bridgehead atoms. The molecule has 5 rings (SSSR count). The van der Waals surface area contributed by atoms with Crippen molar-refractivity contribution in [2.24, 2.45) is 5.18 Å². The fourth-order valence-corrected chi connectivity index (χ4v) is 3.74. The molecule has 2 N–H and O–H groups in total. The highest BCUT2D eigenvalue weighted by atomic mass is 16.3. The van der Waals surface area contributed by atoms with E-state index in [4.69, 9.17) is 0 Å². The average Bonchev–Trinajstić information content (AvgIpc) is 3.29. The Kier molecular flexibility index (Phi) is 3.75. The summed E-state index contributed by atoms with van der Waals surface area (Å²) in [6.45, 7) is 0. The van der Waals surface area contributed by atoms with Crippen LogP contribution in [0.2, 0.25) is 0 Å². The molecule has 0 amide bonds. The number of nitrogens with zero attached hydrogens (tertiary/aromatic N) is 4. The molecule has 8 heteroatoms. The number of H-pyrrole nitrogens is 1. The first-order valence-electron chi connectivity index (χ1n) is 8.96. The Balaban J connectivity index is 1.62. The van der Waals surface area contributed by atoms with Gasteiger partial charge in [-0.15, -0.1) is 0 Å². The van der Waals surface area contributed by atoms with E-state index in [1.807, 2.05) is 34.9 Å². The van der Waals surface area contributed by atoms with Gasteiger partial charge in [0.2, 0.25) is 5.56 Å². The molecular weight excluding hydrogens is 356 g/mol. The third-order valence-electron chi connectivity index (χ3n) is 5.06.